The third-order valence-corrected chi connectivity index (χ3v) is 2.57. The van der Waals surface area contributed by atoms with Gasteiger partial charge in [-0.3, -0.25) is 5.57 Å². The van der Waals surface area contributed by atoms with Gasteiger partial charge in [-0.25, -0.2) is 0 Å². The van der Waals surface area contributed by atoms with E-state index in [4.69, 9.17) is 0 Å². The Morgan fingerprint density at radius 3 is 1.67 bits per heavy atom. The van der Waals surface area contributed by atoms with Crippen LogP contribution in [0.3, 0.4) is 0 Å². The van der Waals surface area contributed by atoms with Crippen molar-refractivity contribution in [2.45, 2.75) is 78.6 Å². The molecule has 0 saturated carbocycles. The van der Waals surface area contributed by atoms with Crippen LogP contribution in [0.25, 0.3) is 0 Å². The van der Waals surface area contributed by atoms with Gasteiger partial charge in [-0.05, 0) is 0 Å². The molecule has 0 nitrogen and oxygen atoms in total. The molecule has 1 heteroatoms. The summed E-state index contributed by atoms with van der Waals surface area (Å²) in [5, 5.41) is 0. The number of allylic oxidation sites excluding steroid dienone is 2. The summed E-state index contributed by atoms with van der Waals surface area (Å²) in [6, 6.07) is 0. The van der Waals surface area contributed by atoms with Gasteiger partial charge in [0.15, 0.2) is 0 Å². The molecule has 86 valence electrons. The molecule has 0 rings (SSSR count). The molecule has 0 fully saturated rings. The zero-order valence-corrected chi connectivity index (χ0v) is 12.4. The van der Waals surface area contributed by atoms with Crippen molar-refractivity contribution in [2.75, 3.05) is 0 Å². The normalized spacial score (nSPS) is 9.53. The van der Waals surface area contributed by atoms with Gasteiger partial charge in [0, 0.05) is 0 Å². The largest absolute Gasteiger partial charge is 2.00 e. The third kappa shape index (κ3) is 12.4. The zero-order chi connectivity index (χ0) is 10.6. The number of rotatable bonds is 9. The SMILES string of the molecule is CCCC[C-]=C(CCCC)CCCC.[Ti+2]. The second-order valence-corrected chi connectivity index (χ2v) is 4.09. The average molecular weight is 243 g/mol. The fourth-order valence-corrected chi connectivity index (χ4v) is 1.52. The minimum Gasteiger partial charge on any atom is -0.497 e. The van der Waals surface area contributed by atoms with E-state index >= 15 is 0 Å². The predicted octanol–water partition coefficient (Wildman–Crippen LogP) is 5.28. The van der Waals surface area contributed by atoms with Gasteiger partial charge in [-0.15, -0.1) is 0 Å². The van der Waals surface area contributed by atoms with Crippen molar-refractivity contribution in [3.05, 3.63) is 11.6 Å². The molecule has 0 bridgehead atoms. The van der Waals surface area contributed by atoms with Crippen LogP contribution in [0.4, 0.5) is 0 Å². The van der Waals surface area contributed by atoms with E-state index in [1.807, 2.05) is 0 Å². The Morgan fingerprint density at radius 2 is 1.27 bits per heavy atom. The molecule has 0 aliphatic carbocycles. The maximum Gasteiger partial charge on any atom is 2.00 e. The Balaban J connectivity index is 0. The minimum atomic E-state index is 0. The first-order chi connectivity index (χ1) is 6.85. The van der Waals surface area contributed by atoms with Crippen LogP contribution >= 0.6 is 0 Å². The van der Waals surface area contributed by atoms with Gasteiger partial charge in [0.2, 0.25) is 0 Å². The fourth-order valence-electron chi connectivity index (χ4n) is 1.52. The quantitative estimate of drug-likeness (QED) is 0.293. The van der Waals surface area contributed by atoms with Crippen LogP contribution in [0, 0.1) is 6.08 Å². The van der Waals surface area contributed by atoms with Crippen molar-refractivity contribution >= 4 is 0 Å². The van der Waals surface area contributed by atoms with Crippen molar-refractivity contribution < 1.29 is 21.7 Å². The van der Waals surface area contributed by atoms with Crippen molar-refractivity contribution in [1.29, 1.82) is 0 Å². The Morgan fingerprint density at radius 1 is 0.800 bits per heavy atom. The van der Waals surface area contributed by atoms with Gasteiger partial charge in [-0.1, -0.05) is 72.1 Å². The molecule has 0 radical (unpaired) electrons. The predicted molar refractivity (Wildman–Crippen MR) is 65.3 cm³/mol. The first kappa shape index (κ1) is 17.8. The van der Waals surface area contributed by atoms with Gasteiger partial charge in [0.25, 0.3) is 0 Å². The van der Waals surface area contributed by atoms with Gasteiger partial charge in [-0.2, -0.15) is 6.42 Å². The molecule has 0 saturated heterocycles. The molecule has 0 aliphatic heterocycles. The summed E-state index contributed by atoms with van der Waals surface area (Å²) in [6.07, 6.45) is 15.3. The van der Waals surface area contributed by atoms with Crippen molar-refractivity contribution in [2.24, 2.45) is 0 Å². The van der Waals surface area contributed by atoms with E-state index in [1.165, 1.54) is 57.8 Å². The van der Waals surface area contributed by atoms with Crippen molar-refractivity contribution in [1.82, 2.24) is 0 Å². The second kappa shape index (κ2) is 14.5. The number of hydrogen-bond donors (Lipinski definition) is 0. The minimum absolute atomic E-state index is 0. The first-order valence-corrected chi connectivity index (χ1v) is 6.43. The summed E-state index contributed by atoms with van der Waals surface area (Å²) in [5.74, 6) is 0. The molecule has 0 spiro atoms. The molecule has 0 heterocycles. The number of hydrogen-bond acceptors (Lipinski definition) is 0. The summed E-state index contributed by atoms with van der Waals surface area (Å²) in [4.78, 5) is 0. The maximum absolute atomic E-state index is 3.61. The van der Waals surface area contributed by atoms with Crippen molar-refractivity contribution in [3.8, 4) is 0 Å². The van der Waals surface area contributed by atoms with Crippen LogP contribution in [0.1, 0.15) is 78.6 Å². The molecular formula is C14H27Ti+. The van der Waals surface area contributed by atoms with E-state index < -0.39 is 0 Å². The fraction of sp³-hybridized carbons (Fsp3) is 0.857. The molecule has 0 aliphatic rings. The molecule has 0 aromatic carbocycles. The molecule has 0 unspecified atom stereocenters. The van der Waals surface area contributed by atoms with E-state index in [-0.39, 0.29) is 21.7 Å². The Kier molecular flexibility index (Phi) is 17.2. The van der Waals surface area contributed by atoms with Crippen LogP contribution < -0.4 is 0 Å². The van der Waals surface area contributed by atoms with E-state index in [1.54, 1.807) is 5.57 Å². The zero-order valence-electron chi connectivity index (χ0n) is 10.9. The Bertz CT molecular complexity index is 128. The molecule has 15 heavy (non-hydrogen) atoms. The standard InChI is InChI=1S/C14H27.Ti/c1-4-7-10-13-14(11-8-5-2)12-9-6-3;/h4-12H2,1-3H3;/q-1;+2. The Labute approximate surface area is 112 Å². The summed E-state index contributed by atoms with van der Waals surface area (Å²) < 4.78 is 0. The summed E-state index contributed by atoms with van der Waals surface area (Å²) in [5.41, 5.74) is 1.60. The van der Waals surface area contributed by atoms with Crippen LogP contribution in [-0.2, 0) is 21.7 Å². The monoisotopic (exact) mass is 243 g/mol. The first-order valence-electron chi connectivity index (χ1n) is 6.43. The van der Waals surface area contributed by atoms with E-state index in [0.717, 1.165) is 0 Å². The third-order valence-electron chi connectivity index (χ3n) is 2.57. The van der Waals surface area contributed by atoms with Gasteiger partial charge in [0.05, 0.1) is 0 Å². The molecule has 0 N–H and O–H groups in total. The van der Waals surface area contributed by atoms with Gasteiger partial charge in [0.1, 0.15) is 0 Å². The van der Waals surface area contributed by atoms with Crippen LogP contribution in [0.5, 0.6) is 0 Å². The van der Waals surface area contributed by atoms with Gasteiger partial charge >= 0.3 is 21.7 Å². The maximum atomic E-state index is 3.61. The van der Waals surface area contributed by atoms with E-state index in [0.29, 0.717) is 0 Å². The van der Waals surface area contributed by atoms with Crippen LogP contribution in [-0.4, -0.2) is 0 Å². The van der Waals surface area contributed by atoms with Gasteiger partial charge < -0.3 is 6.08 Å². The summed E-state index contributed by atoms with van der Waals surface area (Å²) >= 11 is 0. The smallest absolute Gasteiger partial charge is 0.497 e. The molecule has 0 aromatic rings. The molecule has 0 aromatic heterocycles. The summed E-state index contributed by atoms with van der Waals surface area (Å²) in [6.45, 7) is 6.78. The molecule has 0 atom stereocenters. The van der Waals surface area contributed by atoms with Crippen LogP contribution in [0.15, 0.2) is 5.57 Å². The van der Waals surface area contributed by atoms with Crippen molar-refractivity contribution in [3.63, 3.8) is 0 Å². The molecule has 0 amide bonds. The van der Waals surface area contributed by atoms with E-state index in [2.05, 4.69) is 26.8 Å². The van der Waals surface area contributed by atoms with E-state index in [9.17, 15) is 0 Å². The summed E-state index contributed by atoms with van der Waals surface area (Å²) in [7, 11) is 0. The average Bonchev–Trinajstić information content (AvgIpc) is 2.21. The Hall–Kier alpha value is 0.454. The topological polar surface area (TPSA) is 0 Å². The molecular weight excluding hydrogens is 216 g/mol. The number of unbranched alkanes of at least 4 members (excludes halogenated alkanes) is 4. The van der Waals surface area contributed by atoms with Crippen LogP contribution in [0.2, 0.25) is 0 Å². The second-order valence-electron chi connectivity index (χ2n) is 4.09.